The first-order valence-electron chi connectivity index (χ1n) is 9.16. The Balaban J connectivity index is 1.54. The van der Waals surface area contributed by atoms with Crippen molar-refractivity contribution in [3.05, 3.63) is 94.3 Å². The number of rotatable bonds is 2. The minimum Gasteiger partial charge on any atom is -0.336 e. The smallest absolute Gasteiger partial charge is 0.266 e. The van der Waals surface area contributed by atoms with Crippen molar-refractivity contribution in [2.75, 3.05) is 11.4 Å². The summed E-state index contributed by atoms with van der Waals surface area (Å²) in [5.74, 6) is 0.151. The second kappa shape index (κ2) is 6.56. The SMILES string of the molecule is O=c1c2cnc(N3CCc4ccccc4C3)nc2ccn1-c1ccccc1F. The molecule has 4 aromatic rings. The summed E-state index contributed by atoms with van der Waals surface area (Å²) < 4.78 is 15.4. The fourth-order valence-corrected chi connectivity index (χ4v) is 3.68. The van der Waals surface area contributed by atoms with Crippen LogP contribution in [0, 0.1) is 5.82 Å². The molecule has 0 N–H and O–H groups in total. The Kier molecular flexibility index (Phi) is 3.90. The number of pyridine rings is 1. The lowest BCUT2D eigenvalue weighted by Crippen LogP contribution is -2.32. The average Bonchev–Trinajstić information content (AvgIpc) is 2.74. The molecule has 28 heavy (non-hydrogen) atoms. The molecular formula is C22H17FN4O. The highest BCUT2D eigenvalue weighted by Gasteiger charge is 2.19. The molecule has 0 saturated heterocycles. The maximum Gasteiger partial charge on any atom is 0.266 e. The van der Waals surface area contributed by atoms with E-state index in [9.17, 15) is 9.18 Å². The zero-order valence-electron chi connectivity index (χ0n) is 15.0. The summed E-state index contributed by atoms with van der Waals surface area (Å²) in [5, 5.41) is 0.368. The van der Waals surface area contributed by atoms with Gasteiger partial charge in [-0.2, -0.15) is 0 Å². The van der Waals surface area contributed by atoms with Crippen LogP contribution in [0.5, 0.6) is 0 Å². The Hall–Kier alpha value is -3.54. The van der Waals surface area contributed by atoms with Crippen LogP contribution in [0.25, 0.3) is 16.6 Å². The molecule has 6 heteroatoms. The van der Waals surface area contributed by atoms with Gasteiger partial charge in [0.15, 0.2) is 0 Å². The first kappa shape index (κ1) is 16.6. The van der Waals surface area contributed by atoms with Gasteiger partial charge in [-0.25, -0.2) is 14.4 Å². The monoisotopic (exact) mass is 372 g/mol. The maximum absolute atomic E-state index is 14.1. The van der Waals surface area contributed by atoms with E-state index in [1.54, 1.807) is 30.5 Å². The van der Waals surface area contributed by atoms with Crippen LogP contribution in [0.3, 0.4) is 0 Å². The Labute approximate surface area is 160 Å². The highest BCUT2D eigenvalue weighted by molar-refractivity contribution is 5.78. The van der Waals surface area contributed by atoms with Gasteiger partial charge in [-0.15, -0.1) is 0 Å². The number of nitrogens with zero attached hydrogens (tertiary/aromatic N) is 4. The first-order valence-corrected chi connectivity index (χ1v) is 9.16. The van der Waals surface area contributed by atoms with Crippen molar-refractivity contribution in [3.63, 3.8) is 0 Å². The van der Waals surface area contributed by atoms with Gasteiger partial charge in [-0.1, -0.05) is 36.4 Å². The minimum atomic E-state index is -0.450. The van der Waals surface area contributed by atoms with Crippen LogP contribution in [0.4, 0.5) is 10.3 Å². The average molecular weight is 372 g/mol. The van der Waals surface area contributed by atoms with E-state index in [4.69, 9.17) is 0 Å². The number of benzene rings is 2. The molecule has 5 nitrogen and oxygen atoms in total. The van der Waals surface area contributed by atoms with Gasteiger partial charge in [-0.3, -0.25) is 9.36 Å². The van der Waals surface area contributed by atoms with E-state index in [0.717, 1.165) is 19.5 Å². The summed E-state index contributed by atoms with van der Waals surface area (Å²) in [6, 6.07) is 16.3. The van der Waals surface area contributed by atoms with Crippen molar-refractivity contribution in [2.45, 2.75) is 13.0 Å². The topological polar surface area (TPSA) is 51.0 Å². The van der Waals surface area contributed by atoms with Crippen molar-refractivity contribution in [1.82, 2.24) is 14.5 Å². The third kappa shape index (κ3) is 2.74. The summed E-state index contributed by atoms with van der Waals surface area (Å²) in [6.07, 6.45) is 4.04. The predicted octanol–water partition coefficient (Wildman–Crippen LogP) is 3.48. The Morgan fingerprint density at radius 3 is 2.61 bits per heavy atom. The van der Waals surface area contributed by atoms with E-state index in [1.165, 1.54) is 28.0 Å². The van der Waals surface area contributed by atoms with Gasteiger partial charge in [-0.05, 0) is 35.7 Å². The molecule has 3 heterocycles. The molecule has 0 radical (unpaired) electrons. The van der Waals surface area contributed by atoms with Crippen molar-refractivity contribution >= 4 is 16.9 Å². The second-order valence-electron chi connectivity index (χ2n) is 6.85. The molecule has 0 atom stereocenters. The van der Waals surface area contributed by atoms with Crippen LogP contribution in [-0.2, 0) is 13.0 Å². The van der Waals surface area contributed by atoms with Gasteiger partial charge < -0.3 is 4.90 Å². The number of hydrogen-bond acceptors (Lipinski definition) is 4. The standard InChI is InChI=1S/C22H17FN4O/c23-18-7-3-4-8-20(18)27-12-10-19-17(21(27)28)13-24-22(25-19)26-11-9-15-5-1-2-6-16(15)14-26/h1-8,10,12-13H,9,11,14H2. The molecule has 0 amide bonds. The third-order valence-corrected chi connectivity index (χ3v) is 5.16. The number of halogens is 1. The lowest BCUT2D eigenvalue weighted by Gasteiger charge is -2.28. The predicted molar refractivity (Wildman–Crippen MR) is 106 cm³/mol. The number of hydrogen-bond donors (Lipinski definition) is 0. The minimum absolute atomic E-state index is 0.214. The van der Waals surface area contributed by atoms with Crippen LogP contribution in [0.1, 0.15) is 11.1 Å². The van der Waals surface area contributed by atoms with Gasteiger partial charge >= 0.3 is 0 Å². The van der Waals surface area contributed by atoms with E-state index < -0.39 is 5.82 Å². The maximum atomic E-state index is 14.1. The van der Waals surface area contributed by atoms with E-state index in [2.05, 4.69) is 33.1 Å². The van der Waals surface area contributed by atoms with Crippen molar-refractivity contribution < 1.29 is 4.39 Å². The molecule has 0 unspecified atom stereocenters. The fraction of sp³-hybridized carbons (Fsp3) is 0.136. The van der Waals surface area contributed by atoms with E-state index in [1.807, 2.05) is 6.07 Å². The molecule has 138 valence electrons. The Bertz CT molecular complexity index is 1250. The summed E-state index contributed by atoms with van der Waals surface area (Å²) in [4.78, 5) is 24.0. The molecular weight excluding hydrogens is 355 g/mol. The van der Waals surface area contributed by atoms with Crippen LogP contribution in [0.2, 0.25) is 0 Å². The van der Waals surface area contributed by atoms with E-state index >= 15 is 0 Å². The number of fused-ring (bicyclic) bond motifs is 2. The molecule has 0 spiro atoms. The molecule has 1 aliphatic rings. The largest absolute Gasteiger partial charge is 0.336 e. The lowest BCUT2D eigenvalue weighted by molar-refractivity contribution is 0.616. The molecule has 0 fully saturated rings. The molecule has 5 rings (SSSR count). The van der Waals surface area contributed by atoms with Crippen LogP contribution in [-0.4, -0.2) is 21.1 Å². The number of para-hydroxylation sites is 1. The van der Waals surface area contributed by atoms with E-state index in [0.29, 0.717) is 16.9 Å². The molecule has 0 saturated carbocycles. The van der Waals surface area contributed by atoms with Crippen LogP contribution in [0.15, 0.2) is 71.8 Å². The van der Waals surface area contributed by atoms with Gasteiger partial charge in [0.25, 0.3) is 5.56 Å². The van der Waals surface area contributed by atoms with Gasteiger partial charge in [0.2, 0.25) is 5.95 Å². The van der Waals surface area contributed by atoms with Gasteiger partial charge in [0, 0.05) is 25.5 Å². The molecule has 0 aliphatic carbocycles. The highest BCUT2D eigenvalue weighted by atomic mass is 19.1. The zero-order chi connectivity index (χ0) is 19.1. The second-order valence-corrected chi connectivity index (χ2v) is 6.85. The summed E-state index contributed by atoms with van der Waals surface area (Å²) in [7, 11) is 0. The van der Waals surface area contributed by atoms with Gasteiger partial charge in [0.1, 0.15) is 5.82 Å². The highest BCUT2D eigenvalue weighted by Crippen LogP contribution is 2.23. The van der Waals surface area contributed by atoms with E-state index in [-0.39, 0.29) is 11.2 Å². The molecule has 2 aromatic carbocycles. The Morgan fingerprint density at radius 2 is 1.75 bits per heavy atom. The first-order chi connectivity index (χ1) is 13.7. The normalized spacial score (nSPS) is 13.5. The molecule has 1 aliphatic heterocycles. The van der Waals surface area contributed by atoms with Crippen LogP contribution >= 0.6 is 0 Å². The van der Waals surface area contributed by atoms with Gasteiger partial charge in [0.05, 0.1) is 16.6 Å². The Morgan fingerprint density at radius 1 is 0.964 bits per heavy atom. The number of anilines is 1. The summed E-state index contributed by atoms with van der Waals surface area (Å²) in [5.41, 5.74) is 3.06. The van der Waals surface area contributed by atoms with Crippen molar-refractivity contribution in [3.8, 4) is 5.69 Å². The lowest BCUT2D eigenvalue weighted by atomic mass is 10.0. The van der Waals surface area contributed by atoms with Crippen molar-refractivity contribution in [1.29, 1.82) is 0 Å². The molecule has 0 bridgehead atoms. The summed E-state index contributed by atoms with van der Waals surface area (Å²) >= 11 is 0. The summed E-state index contributed by atoms with van der Waals surface area (Å²) in [6.45, 7) is 1.57. The number of aromatic nitrogens is 3. The van der Waals surface area contributed by atoms with Crippen molar-refractivity contribution in [2.24, 2.45) is 0 Å². The van der Waals surface area contributed by atoms with Crippen LogP contribution < -0.4 is 10.5 Å². The molecule has 2 aromatic heterocycles. The quantitative estimate of drug-likeness (QED) is 0.541. The third-order valence-electron chi connectivity index (χ3n) is 5.16. The fourth-order valence-electron chi connectivity index (χ4n) is 3.68. The zero-order valence-corrected chi connectivity index (χ0v) is 15.0.